The summed E-state index contributed by atoms with van der Waals surface area (Å²) in [5, 5.41) is 10.5. The van der Waals surface area contributed by atoms with E-state index in [1.807, 2.05) is 0 Å². The number of carbonyl (C=O) groups is 4. The van der Waals surface area contributed by atoms with E-state index in [0.29, 0.717) is 31.6 Å². The second-order valence-corrected chi connectivity index (χ2v) is 28.3. The highest BCUT2D eigenvalue weighted by Gasteiger charge is 2.30. The molecule has 0 radical (unpaired) electrons. The summed E-state index contributed by atoms with van der Waals surface area (Å²) in [7, 11) is -9.89. The van der Waals surface area contributed by atoms with Gasteiger partial charge >= 0.3 is 39.5 Å². The molecule has 0 saturated heterocycles. The smallest absolute Gasteiger partial charge is 0.462 e. The highest BCUT2D eigenvalue weighted by Crippen LogP contribution is 2.45. The molecule has 0 rings (SSSR count). The molecule has 17 nitrogen and oxygen atoms in total. The molecule has 0 aliphatic carbocycles. The first-order valence-electron chi connectivity index (χ1n) is 36.1. The number of unbranched alkanes of at least 4 members (excludes halogenated alkanes) is 41. The predicted octanol–water partition coefficient (Wildman–Crippen LogP) is 19.7. The molecule has 0 aromatic carbocycles. The highest BCUT2D eigenvalue weighted by molar-refractivity contribution is 7.47. The molecule has 0 aromatic rings. The van der Waals surface area contributed by atoms with Crippen LogP contribution in [0.5, 0.6) is 0 Å². The minimum absolute atomic E-state index is 0.106. The Kier molecular flexibility index (Phi) is 61.1. The Morgan fingerprint density at radius 1 is 0.307 bits per heavy atom. The normalized spacial score (nSPS) is 14.1. The first kappa shape index (κ1) is 86.1. The van der Waals surface area contributed by atoms with Gasteiger partial charge in [0.05, 0.1) is 26.4 Å². The maximum atomic E-state index is 13.0. The zero-order valence-electron chi connectivity index (χ0n) is 56.9. The number of rotatable bonds is 69. The fourth-order valence-corrected chi connectivity index (χ4v) is 12.0. The maximum Gasteiger partial charge on any atom is 0.472 e. The number of aliphatic hydroxyl groups is 1. The number of phosphoric ester groups is 2. The topological polar surface area (TPSA) is 237 Å². The van der Waals surface area contributed by atoms with Crippen LogP contribution in [0.4, 0.5) is 0 Å². The van der Waals surface area contributed by atoms with Crippen molar-refractivity contribution in [1.29, 1.82) is 0 Å². The molecule has 5 atom stereocenters. The van der Waals surface area contributed by atoms with E-state index in [-0.39, 0.29) is 25.7 Å². The van der Waals surface area contributed by atoms with Crippen LogP contribution in [0, 0.1) is 5.92 Å². The Morgan fingerprint density at radius 2 is 0.523 bits per heavy atom. The molecule has 0 heterocycles. The molecule has 19 heteroatoms. The van der Waals surface area contributed by atoms with Crippen LogP contribution in [0.1, 0.15) is 356 Å². The monoisotopic (exact) mass is 1300 g/mol. The molecular formula is C69H134O17P2. The molecule has 0 amide bonds. The lowest BCUT2D eigenvalue weighted by atomic mass is 10.0. The number of esters is 4. The van der Waals surface area contributed by atoms with E-state index < -0.39 is 97.5 Å². The summed E-state index contributed by atoms with van der Waals surface area (Å²) in [5.74, 6) is -1.45. The summed E-state index contributed by atoms with van der Waals surface area (Å²) in [6.45, 7) is 7.12. The summed E-state index contributed by atoms with van der Waals surface area (Å²) in [4.78, 5) is 72.3. The largest absolute Gasteiger partial charge is 0.472 e. The van der Waals surface area contributed by atoms with E-state index >= 15 is 0 Å². The first-order valence-corrected chi connectivity index (χ1v) is 39.1. The van der Waals surface area contributed by atoms with Crippen molar-refractivity contribution in [2.24, 2.45) is 5.92 Å². The van der Waals surface area contributed by atoms with E-state index in [0.717, 1.165) is 96.3 Å². The van der Waals surface area contributed by atoms with Crippen LogP contribution in [0.3, 0.4) is 0 Å². The van der Waals surface area contributed by atoms with E-state index in [9.17, 15) is 43.2 Å². The number of hydrogen-bond acceptors (Lipinski definition) is 15. The van der Waals surface area contributed by atoms with Crippen molar-refractivity contribution < 1.29 is 80.2 Å². The minimum Gasteiger partial charge on any atom is -0.462 e. The number of phosphoric acid groups is 2. The van der Waals surface area contributed by atoms with Crippen molar-refractivity contribution in [2.75, 3.05) is 39.6 Å². The molecule has 0 spiro atoms. The van der Waals surface area contributed by atoms with Gasteiger partial charge in [0.2, 0.25) is 0 Å². The lowest BCUT2D eigenvalue weighted by Crippen LogP contribution is -2.30. The van der Waals surface area contributed by atoms with Crippen LogP contribution >= 0.6 is 15.6 Å². The van der Waals surface area contributed by atoms with Crippen LogP contribution < -0.4 is 0 Å². The summed E-state index contributed by atoms with van der Waals surface area (Å²) < 4.78 is 68.1. The number of hydrogen-bond donors (Lipinski definition) is 3. The third kappa shape index (κ3) is 62.8. The van der Waals surface area contributed by atoms with Crippen LogP contribution in [0.15, 0.2) is 0 Å². The van der Waals surface area contributed by atoms with Crippen LogP contribution in [-0.2, 0) is 65.4 Å². The molecule has 0 saturated carbocycles. The van der Waals surface area contributed by atoms with E-state index in [4.69, 9.17) is 37.0 Å². The van der Waals surface area contributed by atoms with E-state index in [1.165, 1.54) is 173 Å². The predicted molar refractivity (Wildman–Crippen MR) is 354 cm³/mol. The zero-order valence-corrected chi connectivity index (χ0v) is 58.6. The van der Waals surface area contributed by atoms with Crippen molar-refractivity contribution in [2.45, 2.75) is 374 Å². The van der Waals surface area contributed by atoms with Crippen LogP contribution in [-0.4, -0.2) is 96.7 Å². The Hall–Kier alpha value is -1.94. The molecule has 3 N–H and O–H groups in total. The molecular weight excluding hydrogens is 1160 g/mol. The van der Waals surface area contributed by atoms with Crippen molar-refractivity contribution in [3.63, 3.8) is 0 Å². The van der Waals surface area contributed by atoms with Gasteiger partial charge < -0.3 is 33.8 Å². The second kappa shape index (κ2) is 62.5. The fourth-order valence-electron chi connectivity index (χ4n) is 10.5. The maximum absolute atomic E-state index is 13.0. The highest BCUT2D eigenvalue weighted by atomic mass is 31.2. The zero-order chi connectivity index (χ0) is 64.9. The van der Waals surface area contributed by atoms with Gasteiger partial charge in [-0.1, -0.05) is 304 Å². The molecule has 0 aliphatic heterocycles. The second-order valence-electron chi connectivity index (χ2n) is 25.4. The van der Waals surface area contributed by atoms with Gasteiger partial charge in [-0.15, -0.1) is 0 Å². The molecule has 2 unspecified atom stereocenters. The lowest BCUT2D eigenvalue weighted by molar-refractivity contribution is -0.161. The summed E-state index contributed by atoms with van der Waals surface area (Å²) in [6.07, 6.45) is 49.0. The van der Waals surface area contributed by atoms with Gasteiger partial charge in [0.15, 0.2) is 12.2 Å². The van der Waals surface area contributed by atoms with Gasteiger partial charge in [-0.25, -0.2) is 9.13 Å². The van der Waals surface area contributed by atoms with Crippen molar-refractivity contribution in [3.05, 3.63) is 0 Å². The van der Waals surface area contributed by atoms with Crippen molar-refractivity contribution in [3.8, 4) is 0 Å². The third-order valence-electron chi connectivity index (χ3n) is 16.0. The van der Waals surface area contributed by atoms with Gasteiger partial charge in [-0.2, -0.15) is 0 Å². The number of aliphatic hydroxyl groups excluding tert-OH is 1. The molecule has 0 aliphatic rings. The molecule has 0 fully saturated rings. The molecule has 88 heavy (non-hydrogen) atoms. The van der Waals surface area contributed by atoms with E-state index in [1.54, 1.807) is 0 Å². The van der Waals surface area contributed by atoms with Gasteiger partial charge in [-0.05, 0) is 31.6 Å². The number of carbonyl (C=O) groups excluding carboxylic acids is 4. The van der Waals surface area contributed by atoms with Crippen molar-refractivity contribution in [1.82, 2.24) is 0 Å². The average molecular weight is 1300 g/mol. The Balaban J connectivity index is 5.10. The lowest BCUT2D eigenvalue weighted by Gasteiger charge is -2.21. The third-order valence-corrected chi connectivity index (χ3v) is 17.9. The summed E-state index contributed by atoms with van der Waals surface area (Å²) >= 11 is 0. The quantitative estimate of drug-likeness (QED) is 0.0222. The van der Waals surface area contributed by atoms with Crippen molar-refractivity contribution >= 4 is 39.5 Å². The van der Waals surface area contributed by atoms with Gasteiger partial charge in [0, 0.05) is 25.7 Å². The van der Waals surface area contributed by atoms with Gasteiger partial charge in [-0.3, -0.25) is 37.3 Å². The van der Waals surface area contributed by atoms with E-state index in [2.05, 4.69) is 34.6 Å². The molecule has 0 aromatic heterocycles. The SMILES string of the molecule is CCCCCCCCCCCCCCCCCCCCCCCC(=O)O[C@H](COC(=O)CCCCCCCCC(C)C)COP(=O)(O)OC[C@@H](O)COP(=O)(O)OC[C@@H](COC(=O)CCCCCCCCCCC)OC(=O)CCCCCCCCCCC. The summed E-state index contributed by atoms with van der Waals surface area (Å²) in [6, 6.07) is 0. The van der Waals surface area contributed by atoms with Crippen LogP contribution in [0.25, 0.3) is 0 Å². The Morgan fingerprint density at radius 3 is 0.773 bits per heavy atom. The van der Waals surface area contributed by atoms with Gasteiger partial charge in [0.25, 0.3) is 0 Å². The number of ether oxygens (including phenoxy) is 4. The Labute approximate surface area is 537 Å². The molecule has 0 bridgehead atoms. The molecule has 522 valence electrons. The minimum atomic E-state index is -4.95. The standard InChI is InChI=1S/C69H134O17P2/c1-6-9-12-15-18-21-22-23-24-25-26-27-28-29-30-31-32-35-38-45-50-55-69(74)86-65(59-80-67(72)53-48-43-40-39-41-46-51-62(4)5)61-84-88(77,78)82-57-63(70)56-81-87(75,76)83-60-64(85-68(73)54-49-44-37-34-20-17-14-11-8-3)58-79-66(71)52-47-42-36-33-19-16-13-10-7-2/h62-65,70H,6-61H2,1-5H3,(H,75,76)(H,77,78)/t63-,64+,65+/m0/s1. The summed E-state index contributed by atoms with van der Waals surface area (Å²) in [5.41, 5.74) is 0. The van der Waals surface area contributed by atoms with Crippen LogP contribution in [0.2, 0.25) is 0 Å². The average Bonchev–Trinajstić information content (AvgIpc) is 3.61. The Bertz CT molecular complexity index is 1700. The fraction of sp³-hybridized carbons (Fsp3) is 0.942. The first-order chi connectivity index (χ1) is 42.5. The van der Waals surface area contributed by atoms with Gasteiger partial charge in [0.1, 0.15) is 19.3 Å².